The molecular weight excluding hydrogens is 274 g/mol. The lowest BCUT2D eigenvalue weighted by molar-refractivity contribution is -0.143. The lowest BCUT2D eigenvalue weighted by Gasteiger charge is -2.10. The third kappa shape index (κ3) is 5.49. The van der Waals surface area contributed by atoms with Crippen molar-refractivity contribution in [1.82, 2.24) is 5.16 Å². The van der Waals surface area contributed by atoms with Crippen LogP contribution in [0.2, 0.25) is 0 Å². The van der Waals surface area contributed by atoms with Crippen LogP contribution < -0.4 is 0 Å². The first-order valence-electron chi connectivity index (χ1n) is 7.09. The Kier molecular flexibility index (Phi) is 6.78. The molecule has 0 aliphatic carbocycles. The summed E-state index contributed by atoms with van der Waals surface area (Å²) in [5.74, 6) is -0.970. The number of esters is 1. The fraction of sp³-hybridized carbons (Fsp3) is 0.600. The Morgan fingerprint density at radius 3 is 2.57 bits per heavy atom. The van der Waals surface area contributed by atoms with Crippen LogP contribution in [0.4, 0.5) is 0 Å². The summed E-state index contributed by atoms with van der Waals surface area (Å²) in [6, 6.07) is 1.52. The van der Waals surface area contributed by atoms with Crippen molar-refractivity contribution in [2.45, 2.75) is 46.5 Å². The second-order valence-electron chi connectivity index (χ2n) is 4.90. The average Bonchev–Trinajstić information content (AvgIpc) is 2.84. The number of nitrogens with zero attached hydrogens (tertiary/aromatic N) is 1. The molecule has 0 bridgehead atoms. The maximum atomic E-state index is 12.2. The van der Waals surface area contributed by atoms with Crippen molar-refractivity contribution in [2.24, 2.45) is 5.92 Å². The molecule has 1 aromatic heterocycles. The molecule has 0 aliphatic heterocycles. The first-order chi connectivity index (χ1) is 9.95. The SMILES string of the molecule is CCOC(=O)CCCCC(C(C)=O)C(=O)c1cc(C)on1. The summed E-state index contributed by atoms with van der Waals surface area (Å²) in [5.41, 5.74) is 0.179. The van der Waals surface area contributed by atoms with Crippen LogP contribution >= 0.6 is 0 Å². The van der Waals surface area contributed by atoms with Crippen LogP contribution in [0.15, 0.2) is 10.6 Å². The van der Waals surface area contributed by atoms with E-state index in [4.69, 9.17) is 9.26 Å². The third-order valence-corrected chi connectivity index (χ3v) is 3.12. The minimum absolute atomic E-state index is 0.179. The molecule has 116 valence electrons. The highest BCUT2D eigenvalue weighted by atomic mass is 16.5. The van der Waals surface area contributed by atoms with Crippen molar-refractivity contribution >= 4 is 17.5 Å². The van der Waals surface area contributed by atoms with Crippen LogP contribution in [-0.4, -0.2) is 29.3 Å². The fourth-order valence-electron chi connectivity index (χ4n) is 2.03. The van der Waals surface area contributed by atoms with Gasteiger partial charge in [-0.3, -0.25) is 14.4 Å². The quantitative estimate of drug-likeness (QED) is 0.301. The average molecular weight is 295 g/mol. The topological polar surface area (TPSA) is 86.5 Å². The van der Waals surface area contributed by atoms with E-state index < -0.39 is 5.92 Å². The second kappa shape index (κ2) is 8.34. The van der Waals surface area contributed by atoms with Gasteiger partial charge >= 0.3 is 5.97 Å². The molecule has 21 heavy (non-hydrogen) atoms. The van der Waals surface area contributed by atoms with E-state index in [1.807, 2.05) is 0 Å². The number of rotatable bonds is 9. The van der Waals surface area contributed by atoms with Crippen molar-refractivity contribution in [1.29, 1.82) is 0 Å². The number of aromatic nitrogens is 1. The van der Waals surface area contributed by atoms with E-state index in [1.54, 1.807) is 13.8 Å². The number of carbonyl (C=O) groups excluding carboxylic acids is 3. The number of carbonyl (C=O) groups is 3. The third-order valence-electron chi connectivity index (χ3n) is 3.12. The van der Waals surface area contributed by atoms with Gasteiger partial charge in [0.25, 0.3) is 0 Å². The van der Waals surface area contributed by atoms with E-state index in [9.17, 15) is 14.4 Å². The van der Waals surface area contributed by atoms with Gasteiger partial charge in [0.1, 0.15) is 11.5 Å². The van der Waals surface area contributed by atoms with Crippen molar-refractivity contribution < 1.29 is 23.6 Å². The molecule has 0 aliphatic rings. The minimum Gasteiger partial charge on any atom is -0.466 e. The summed E-state index contributed by atoms with van der Waals surface area (Å²) in [7, 11) is 0. The van der Waals surface area contributed by atoms with E-state index in [2.05, 4.69) is 5.16 Å². The zero-order chi connectivity index (χ0) is 15.8. The molecule has 0 saturated heterocycles. The smallest absolute Gasteiger partial charge is 0.305 e. The van der Waals surface area contributed by atoms with E-state index >= 15 is 0 Å². The van der Waals surface area contributed by atoms with E-state index in [0.717, 1.165) is 0 Å². The fourth-order valence-corrected chi connectivity index (χ4v) is 2.03. The first kappa shape index (κ1) is 17.1. The van der Waals surface area contributed by atoms with E-state index in [0.29, 0.717) is 38.1 Å². The molecule has 1 atom stereocenters. The van der Waals surface area contributed by atoms with Crippen LogP contribution in [0.5, 0.6) is 0 Å². The monoisotopic (exact) mass is 295 g/mol. The summed E-state index contributed by atoms with van der Waals surface area (Å²) < 4.78 is 9.68. The van der Waals surface area contributed by atoms with Crippen LogP contribution in [-0.2, 0) is 14.3 Å². The molecule has 0 spiro atoms. The Morgan fingerprint density at radius 2 is 2.05 bits per heavy atom. The zero-order valence-electron chi connectivity index (χ0n) is 12.7. The molecule has 6 heteroatoms. The largest absolute Gasteiger partial charge is 0.466 e. The Balaban J connectivity index is 2.49. The van der Waals surface area contributed by atoms with Gasteiger partial charge in [-0.1, -0.05) is 11.6 Å². The number of ketones is 2. The number of Topliss-reactive ketones (excluding diaryl/α,β-unsaturated/α-hetero) is 2. The van der Waals surface area contributed by atoms with Gasteiger partial charge in [-0.15, -0.1) is 0 Å². The number of ether oxygens (including phenoxy) is 1. The highest BCUT2D eigenvalue weighted by Gasteiger charge is 2.26. The number of hydrogen-bond donors (Lipinski definition) is 0. The maximum absolute atomic E-state index is 12.2. The molecule has 1 aromatic rings. The van der Waals surface area contributed by atoms with E-state index in [-0.39, 0.29) is 23.2 Å². The molecule has 6 nitrogen and oxygen atoms in total. The predicted molar refractivity (Wildman–Crippen MR) is 74.8 cm³/mol. The standard InChI is InChI=1S/C15H21NO5/c1-4-20-14(18)8-6-5-7-12(11(3)17)15(19)13-9-10(2)21-16-13/h9,12H,4-8H2,1-3H3. The molecule has 0 amide bonds. The molecule has 0 N–H and O–H groups in total. The Labute approximate surface area is 123 Å². The van der Waals surface area contributed by atoms with Crippen molar-refractivity contribution in [3.63, 3.8) is 0 Å². The predicted octanol–water partition coefficient (Wildman–Crippen LogP) is 2.49. The molecule has 0 saturated carbocycles. The van der Waals surface area contributed by atoms with Gasteiger partial charge in [0, 0.05) is 12.5 Å². The summed E-state index contributed by atoms with van der Waals surface area (Å²) in [4.78, 5) is 35.0. The van der Waals surface area contributed by atoms with Crippen LogP contribution in [0, 0.1) is 12.8 Å². The van der Waals surface area contributed by atoms with Gasteiger partial charge in [-0.2, -0.15) is 0 Å². The Hall–Kier alpha value is -1.98. The van der Waals surface area contributed by atoms with Crippen LogP contribution in [0.3, 0.4) is 0 Å². The molecule has 0 fully saturated rings. The highest BCUT2D eigenvalue weighted by molar-refractivity contribution is 6.09. The Bertz CT molecular complexity index is 506. The molecule has 1 heterocycles. The normalized spacial score (nSPS) is 12.0. The van der Waals surface area contributed by atoms with Gasteiger partial charge in [-0.25, -0.2) is 0 Å². The number of hydrogen-bond acceptors (Lipinski definition) is 6. The van der Waals surface area contributed by atoms with Crippen LogP contribution in [0.25, 0.3) is 0 Å². The number of aryl methyl sites for hydroxylation is 1. The van der Waals surface area contributed by atoms with Crippen molar-refractivity contribution in [3.05, 3.63) is 17.5 Å². The Morgan fingerprint density at radius 1 is 1.33 bits per heavy atom. The molecule has 1 unspecified atom stereocenters. The lowest BCUT2D eigenvalue weighted by Crippen LogP contribution is -2.22. The summed E-state index contributed by atoms with van der Waals surface area (Å²) >= 11 is 0. The van der Waals surface area contributed by atoms with Crippen LogP contribution in [0.1, 0.15) is 55.8 Å². The highest BCUT2D eigenvalue weighted by Crippen LogP contribution is 2.17. The van der Waals surface area contributed by atoms with Gasteiger partial charge < -0.3 is 9.26 Å². The molecule has 0 radical (unpaired) electrons. The van der Waals surface area contributed by atoms with Gasteiger partial charge in [0.05, 0.1) is 12.5 Å². The molecular formula is C15H21NO5. The molecule has 0 aromatic carbocycles. The van der Waals surface area contributed by atoms with Gasteiger partial charge in [-0.05, 0) is 33.6 Å². The summed E-state index contributed by atoms with van der Waals surface area (Å²) in [5, 5.41) is 3.65. The van der Waals surface area contributed by atoms with Crippen molar-refractivity contribution in [3.8, 4) is 0 Å². The lowest BCUT2D eigenvalue weighted by atomic mass is 9.91. The summed E-state index contributed by atoms with van der Waals surface area (Å²) in [6.45, 7) is 5.19. The van der Waals surface area contributed by atoms with Gasteiger partial charge in [0.2, 0.25) is 0 Å². The van der Waals surface area contributed by atoms with E-state index in [1.165, 1.54) is 13.0 Å². The zero-order valence-corrected chi connectivity index (χ0v) is 12.7. The number of unbranched alkanes of at least 4 members (excludes halogenated alkanes) is 1. The van der Waals surface area contributed by atoms with Crippen molar-refractivity contribution in [2.75, 3.05) is 6.61 Å². The molecule has 1 rings (SSSR count). The summed E-state index contributed by atoms with van der Waals surface area (Å²) in [6.07, 6.45) is 1.90. The maximum Gasteiger partial charge on any atom is 0.305 e. The van der Waals surface area contributed by atoms with Gasteiger partial charge in [0.15, 0.2) is 11.5 Å². The second-order valence-corrected chi connectivity index (χ2v) is 4.90. The minimum atomic E-state index is -0.725. The first-order valence-corrected chi connectivity index (χ1v) is 7.09.